The van der Waals surface area contributed by atoms with Gasteiger partial charge in [-0.25, -0.2) is 0 Å². The third-order valence-corrected chi connectivity index (χ3v) is 2.63. The van der Waals surface area contributed by atoms with Gasteiger partial charge < -0.3 is 9.84 Å². The van der Waals surface area contributed by atoms with E-state index in [1.807, 2.05) is 6.92 Å². The molecule has 12 heavy (non-hydrogen) atoms. The Balaban J connectivity index is 2.63. The molecule has 1 N–H and O–H groups in total. The quantitative estimate of drug-likeness (QED) is 0.602. The number of carbonyl (C=O) groups is 1. The first-order valence-electron chi connectivity index (χ1n) is 4.35. The average Bonchev–Trinajstić information content (AvgIpc) is 2.02. The maximum atomic E-state index is 11.3. The number of esters is 1. The van der Waals surface area contributed by atoms with Gasteiger partial charge in [0.15, 0.2) is 0 Å². The first-order valence-corrected chi connectivity index (χ1v) is 4.35. The third kappa shape index (κ3) is 1.78. The van der Waals surface area contributed by atoms with Crippen LogP contribution in [0.4, 0.5) is 0 Å². The lowest BCUT2D eigenvalue weighted by Gasteiger charge is -2.33. The Labute approximate surface area is 72.7 Å². The maximum Gasteiger partial charge on any atom is 0.311 e. The van der Waals surface area contributed by atoms with E-state index in [0.717, 1.165) is 19.3 Å². The predicted molar refractivity (Wildman–Crippen MR) is 44.6 cm³/mol. The number of aliphatic hydroxyl groups is 1. The Morgan fingerprint density at radius 2 is 2.33 bits per heavy atom. The summed E-state index contributed by atoms with van der Waals surface area (Å²) in [4.78, 5) is 11.3. The molecule has 1 rings (SSSR count). The molecule has 0 radical (unpaired) electrons. The van der Waals surface area contributed by atoms with E-state index in [4.69, 9.17) is 4.74 Å². The predicted octanol–water partition coefficient (Wildman–Crippen LogP) is 1.10. The van der Waals surface area contributed by atoms with Gasteiger partial charge >= 0.3 is 5.97 Å². The average molecular weight is 172 g/mol. The van der Waals surface area contributed by atoms with Crippen molar-refractivity contribution in [1.29, 1.82) is 0 Å². The monoisotopic (exact) mass is 172 g/mol. The number of rotatable bonds is 1. The smallest absolute Gasteiger partial charge is 0.311 e. The van der Waals surface area contributed by atoms with Gasteiger partial charge in [0.25, 0.3) is 0 Å². The highest BCUT2D eigenvalue weighted by Gasteiger charge is 2.38. The van der Waals surface area contributed by atoms with Crippen molar-refractivity contribution in [2.45, 2.75) is 38.7 Å². The van der Waals surface area contributed by atoms with E-state index >= 15 is 0 Å². The molecule has 0 aromatic carbocycles. The van der Waals surface area contributed by atoms with Crippen molar-refractivity contribution in [3.63, 3.8) is 0 Å². The standard InChI is InChI=1S/C9H16O3/c1-9(8(11)12-2)5-3-4-7(10)6-9/h7,10H,3-6H2,1-2H3/t7-,9+/m0/s1. The fraction of sp³-hybridized carbons (Fsp3) is 0.889. The molecule has 0 spiro atoms. The van der Waals surface area contributed by atoms with Crippen LogP contribution >= 0.6 is 0 Å². The highest BCUT2D eigenvalue weighted by molar-refractivity contribution is 5.76. The summed E-state index contributed by atoms with van der Waals surface area (Å²) >= 11 is 0. The number of hydrogen-bond donors (Lipinski definition) is 1. The van der Waals surface area contributed by atoms with Crippen LogP contribution in [0.1, 0.15) is 32.6 Å². The molecular formula is C9H16O3. The molecule has 0 bridgehead atoms. The van der Waals surface area contributed by atoms with Crippen LogP contribution in [0.15, 0.2) is 0 Å². The summed E-state index contributed by atoms with van der Waals surface area (Å²) < 4.78 is 4.69. The first kappa shape index (κ1) is 9.52. The van der Waals surface area contributed by atoms with Crippen LogP contribution in [-0.4, -0.2) is 24.3 Å². The molecule has 2 atom stereocenters. The second-order valence-corrected chi connectivity index (χ2v) is 3.80. The van der Waals surface area contributed by atoms with Gasteiger partial charge in [0, 0.05) is 0 Å². The normalized spacial score (nSPS) is 36.1. The Kier molecular flexibility index (Phi) is 2.73. The fourth-order valence-corrected chi connectivity index (χ4v) is 1.88. The second kappa shape index (κ2) is 3.44. The SMILES string of the molecule is COC(=O)[C@]1(C)CCC[C@H](O)C1. The molecule has 1 saturated carbocycles. The van der Waals surface area contributed by atoms with Crippen LogP contribution < -0.4 is 0 Å². The Morgan fingerprint density at radius 1 is 1.67 bits per heavy atom. The van der Waals surface area contributed by atoms with E-state index in [2.05, 4.69) is 0 Å². The number of aliphatic hydroxyl groups excluding tert-OH is 1. The van der Waals surface area contributed by atoms with Gasteiger partial charge in [-0.05, 0) is 32.6 Å². The molecular weight excluding hydrogens is 156 g/mol. The van der Waals surface area contributed by atoms with Crippen molar-refractivity contribution in [1.82, 2.24) is 0 Å². The topological polar surface area (TPSA) is 46.5 Å². The van der Waals surface area contributed by atoms with Crippen LogP contribution in [0.2, 0.25) is 0 Å². The molecule has 1 fully saturated rings. The zero-order valence-electron chi connectivity index (χ0n) is 7.67. The van der Waals surface area contributed by atoms with Crippen molar-refractivity contribution in [2.24, 2.45) is 5.41 Å². The van der Waals surface area contributed by atoms with Gasteiger partial charge in [-0.1, -0.05) is 0 Å². The van der Waals surface area contributed by atoms with Crippen molar-refractivity contribution >= 4 is 5.97 Å². The zero-order valence-corrected chi connectivity index (χ0v) is 7.67. The largest absolute Gasteiger partial charge is 0.469 e. The van der Waals surface area contributed by atoms with E-state index in [1.165, 1.54) is 7.11 Å². The van der Waals surface area contributed by atoms with Gasteiger partial charge in [0.2, 0.25) is 0 Å². The molecule has 0 heterocycles. The van der Waals surface area contributed by atoms with Crippen molar-refractivity contribution < 1.29 is 14.6 Å². The van der Waals surface area contributed by atoms with Crippen LogP contribution in [0.5, 0.6) is 0 Å². The molecule has 0 saturated heterocycles. The van der Waals surface area contributed by atoms with E-state index in [1.54, 1.807) is 0 Å². The number of carbonyl (C=O) groups excluding carboxylic acids is 1. The molecule has 0 aliphatic heterocycles. The second-order valence-electron chi connectivity index (χ2n) is 3.80. The molecule has 70 valence electrons. The summed E-state index contributed by atoms with van der Waals surface area (Å²) in [6.07, 6.45) is 2.76. The zero-order chi connectivity index (χ0) is 9.19. The molecule has 3 heteroatoms. The van der Waals surface area contributed by atoms with Crippen molar-refractivity contribution in [2.75, 3.05) is 7.11 Å². The Morgan fingerprint density at radius 3 is 2.83 bits per heavy atom. The molecule has 1 aliphatic rings. The van der Waals surface area contributed by atoms with E-state index < -0.39 is 5.41 Å². The molecule has 0 unspecified atom stereocenters. The third-order valence-electron chi connectivity index (χ3n) is 2.63. The summed E-state index contributed by atoms with van der Waals surface area (Å²) in [6, 6.07) is 0. The van der Waals surface area contributed by atoms with Crippen LogP contribution in [-0.2, 0) is 9.53 Å². The minimum absolute atomic E-state index is 0.193. The highest BCUT2D eigenvalue weighted by atomic mass is 16.5. The summed E-state index contributed by atoms with van der Waals surface area (Å²) in [5.74, 6) is -0.193. The first-order chi connectivity index (χ1) is 5.58. The summed E-state index contributed by atoms with van der Waals surface area (Å²) in [5.41, 5.74) is -0.452. The van der Waals surface area contributed by atoms with E-state index in [-0.39, 0.29) is 12.1 Å². The lowest BCUT2D eigenvalue weighted by atomic mass is 9.74. The number of hydrogen-bond acceptors (Lipinski definition) is 3. The van der Waals surface area contributed by atoms with Gasteiger partial charge in [-0.3, -0.25) is 4.79 Å². The molecule has 0 amide bonds. The Bertz CT molecular complexity index is 179. The number of methoxy groups -OCH3 is 1. The molecule has 0 aromatic heterocycles. The number of ether oxygens (including phenoxy) is 1. The van der Waals surface area contributed by atoms with Gasteiger partial charge in [-0.2, -0.15) is 0 Å². The van der Waals surface area contributed by atoms with Crippen LogP contribution in [0.3, 0.4) is 0 Å². The van der Waals surface area contributed by atoms with Crippen molar-refractivity contribution in [3.05, 3.63) is 0 Å². The van der Waals surface area contributed by atoms with E-state index in [0.29, 0.717) is 6.42 Å². The van der Waals surface area contributed by atoms with Gasteiger partial charge in [0.1, 0.15) is 0 Å². The van der Waals surface area contributed by atoms with Gasteiger partial charge in [0.05, 0.1) is 18.6 Å². The lowest BCUT2D eigenvalue weighted by molar-refractivity contribution is -0.156. The minimum atomic E-state index is -0.452. The summed E-state index contributed by atoms with van der Waals surface area (Å²) in [7, 11) is 1.40. The molecule has 3 nitrogen and oxygen atoms in total. The molecule has 0 aromatic rings. The lowest BCUT2D eigenvalue weighted by Crippen LogP contribution is -2.36. The van der Waals surface area contributed by atoms with Crippen molar-refractivity contribution in [3.8, 4) is 0 Å². The van der Waals surface area contributed by atoms with E-state index in [9.17, 15) is 9.90 Å². The highest BCUT2D eigenvalue weighted by Crippen LogP contribution is 2.36. The maximum absolute atomic E-state index is 11.3. The fourth-order valence-electron chi connectivity index (χ4n) is 1.88. The van der Waals surface area contributed by atoms with Crippen LogP contribution in [0, 0.1) is 5.41 Å². The van der Waals surface area contributed by atoms with Gasteiger partial charge in [-0.15, -0.1) is 0 Å². The summed E-state index contributed by atoms with van der Waals surface area (Å²) in [5, 5.41) is 9.38. The molecule has 1 aliphatic carbocycles. The minimum Gasteiger partial charge on any atom is -0.469 e. The summed E-state index contributed by atoms with van der Waals surface area (Å²) in [6.45, 7) is 1.86. The Hall–Kier alpha value is -0.570. The van der Waals surface area contributed by atoms with Crippen LogP contribution in [0.25, 0.3) is 0 Å².